The minimum absolute atomic E-state index is 0.00429. The number of thioether (sulfide) groups is 1. The maximum Gasteiger partial charge on any atom is 0.242 e. The first kappa shape index (κ1) is 56.1. The van der Waals surface area contributed by atoms with E-state index in [1.807, 2.05) is 24.3 Å². The summed E-state index contributed by atoms with van der Waals surface area (Å²) in [6, 6.07) is 5.14. The van der Waals surface area contributed by atoms with E-state index in [0.29, 0.717) is 38.6 Å². The van der Waals surface area contributed by atoms with E-state index < -0.39 is 76.2 Å². The Labute approximate surface area is 396 Å². The van der Waals surface area contributed by atoms with Crippen molar-refractivity contribution in [3.05, 3.63) is 36.0 Å². The van der Waals surface area contributed by atoms with Crippen LogP contribution in [0.15, 0.2) is 30.5 Å². The molecule has 6 amide bonds. The van der Waals surface area contributed by atoms with Gasteiger partial charge in [0.1, 0.15) is 11.6 Å². The zero-order chi connectivity index (χ0) is 49.6. The number of likely N-dealkylation sites (tertiary alicyclic amines) is 1. The first-order chi connectivity index (χ1) is 31.9. The first-order valence-corrected chi connectivity index (χ1v) is 24.3. The molecule has 0 spiro atoms. The third kappa shape index (κ3) is 18.4. The van der Waals surface area contributed by atoms with E-state index in [1.54, 1.807) is 20.0 Å². The van der Waals surface area contributed by atoms with Crippen molar-refractivity contribution in [1.29, 1.82) is 0 Å². The fourth-order valence-corrected chi connectivity index (χ4v) is 8.99. The van der Waals surface area contributed by atoms with Crippen molar-refractivity contribution in [3.8, 4) is 0 Å². The molecule has 2 heterocycles. The monoisotopic (exact) mass is 954 g/mol. The number of ether oxygens (including phenoxy) is 1. The lowest BCUT2D eigenvalue weighted by atomic mass is 9.91. The average Bonchev–Trinajstić information content (AvgIpc) is 3.84. The van der Waals surface area contributed by atoms with Gasteiger partial charge in [0.05, 0.1) is 23.9 Å². The van der Waals surface area contributed by atoms with Crippen molar-refractivity contribution < 1.29 is 57.8 Å². The van der Waals surface area contributed by atoms with Crippen LogP contribution in [-0.2, 0) is 59.1 Å². The van der Waals surface area contributed by atoms with Crippen molar-refractivity contribution in [2.24, 2.45) is 29.4 Å². The second-order valence-corrected chi connectivity index (χ2v) is 18.7. The Balaban J connectivity index is 1.70. The summed E-state index contributed by atoms with van der Waals surface area (Å²) in [5.74, 6) is -7.37. The molecule has 370 valence electrons. The SMILES string of the molecule is CCC(=O)C[C@@H](CCCCNC(=O)CC)C(=O)N[C@@H](C)C(=O)C[C@@H](C)C(=O)N[C@@H](CSC1CC(=O)N(CCC(=O)CCC(CO)COC)C1=O)C(=O)C[C@@H](Cc1c[nH]c2ccccc12)C(N)=O. The van der Waals surface area contributed by atoms with E-state index in [4.69, 9.17) is 10.5 Å². The van der Waals surface area contributed by atoms with Crippen LogP contribution < -0.4 is 21.7 Å². The number of rotatable bonds is 34. The number of aromatic nitrogens is 1. The van der Waals surface area contributed by atoms with E-state index in [2.05, 4.69) is 20.9 Å². The predicted molar refractivity (Wildman–Crippen MR) is 252 cm³/mol. The van der Waals surface area contributed by atoms with Gasteiger partial charge in [-0.15, -0.1) is 11.8 Å². The van der Waals surface area contributed by atoms with Crippen LogP contribution in [0.5, 0.6) is 0 Å². The number of nitrogens with zero attached hydrogens (tertiary/aromatic N) is 1. The number of nitrogens with two attached hydrogens (primary N) is 1. The van der Waals surface area contributed by atoms with E-state index in [1.165, 1.54) is 21.0 Å². The number of Topliss-reactive ketones (excluding diaryl/α,β-unsaturated/α-hetero) is 4. The summed E-state index contributed by atoms with van der Waals surface area (Å²) in [5.41, 5.74) is 7.40. The summed E-state index contributed by atoms with van der Waals surface area (Å²) < 4.78 is 5.05. The van der Waals surface area contributed by atoms with E-state index in [-0.39, 0.29) is 100 Å². The summed E-state index contributed by atoms with van der Waals surface area (Å²) in [6.45, 7) is 6.86. The molecule has 1 aliphatic heterocycles. The average molecular weight is 955 g/mol. The first-order valence-electron chi connectivity index (χ1n) is 23.3. The third-order valence-corrected chi connectivity index (χ3v) is 13.4. The van der Waals surface area contributed by atoms with Crippen LogP contribution in [0.4, 0.5) is 0 Å². The van der Waals surface area contributed by atoms with Crippen LogP contribution in [0, 0.1) is 23.7 Å². The quantitative estimate of drug-likeness (QED) is 0.0436. The molecule has 0 saturated carbocycles. The van der Waals surface area contributed by atoms with Gasteiger partial charge < -0.3 is 36.5 Å². The molecule has 3 rings (SSSR count). The van der Waals surface area contributed by atoms with Crippen molar-refractivity contribution in [3.63, 3.8) is 0 Å². The summed E-state index contributed by atoms with van der Waals surface area (Å²) >= 11 is 0.981. The molecular weight excluding hydrogens is 885 g/mol. The highest BCUT2D eigenvalue weighted by atomic mass is 32.2. The highest BCUT2D eigenvalue weighted by Gasteiger charge is 2.40. The molecule has 7 N–H and O–H groups in total. The summed E-state index contributed by atoms with van der Waals surface area (Å²) in [5, 5.41) is 17.6. The standard InChI is InChI=1S/C48H70N6O12S/c1-6-35(56)22-32(12-10-11-18-50-43(60)7-2)47(64)52-30(4)40(58)20-29(3)46(63)53-39(41(59)23-33(45(49)62)21-34-25-51-38-14-9-8-13-37(34)38)28-67-42-24-44(61)54(48(42)65)19-17-36(57)16-15-31(26-55)27-66-5/h8-9,13-14,25,29-33,39,42,51,55H,6-7,10-12,15-24,26-28H2,1-5H3,(H2,49,62)(H,50,60)(H,52,64)(H,53,63)/t29-,30+,31?,32-,33-,39+,42?/m1/s1. The van der Waals surface area contributed by atoms with Gasteiger partial charge in [-0.2, -0.15) is 0 Å². The Kier molecular flexibility index (Phi) is 24.1. The number of imide groups is 1. The Morgan fingerprint density at radius 1 is 0.896 bits per heavy atom. The molecule has 0 bridgehead atoms. The number of primary amides is 1. The van der Waals surface area contributed by atoms with Crippen LogP contribution in [0.2, 0.25) is 0 Å². The molecule has 1 aliphatic rings. The number of amides is 6. The third-order valence-electron chi connectivity index (χ3n) is 12.1. The Hall–Kier alpha value is -5.27. The van der Waals surface area contributed by atoms with Gasteiger partial charge in [-0.25, -0.2) is 0 Å². The molecule has 1 aromatic heterocycles. The molecule has 67 heavy (non-hydrogen) atoms. The number of hydrogen-bond acceptors (Lipinski definition) is 13. The molecule has 1 saturated heterocycles. The number of hydrogen-bond donors (Lipinski definition) is 6. The van der Waals surface area contributed by atoms with Gasteiger partial charge in [-0.1, -0.05) is 45.4 Å². The van der Waals surface area contributed by atoms with Gasteiger partial charge in [-0.05, 0) is 44.2 Å². The second-order valence-electron chi connectivity index (χ2n) is 17.4. The van der Waals surface area contributed by atoms with Gasteiger partial charge in [0.15, 0.2) is 11.6 Å². The number of nitrogens with one attached hydrogen (secondary N) is 4. The number of ketones is 4. The van der Waals surface area contributed by atoms with Crippen LogP contribution in [-0.4, -0.2) is 130 Å². The molecule has 19 heteroatoms. The number of H-pyrrole nitrogens is 1. The van der Waals surface area contributed by atoms with E-state index in [9.17, 15) is 53.1 Å². The van der Waals surface area contributed by atoms with Crippen LogP contribution >= 0.6 is 11.8 Å². The number of carbonyl (C=O) groups is 10. The lowest BCUT2D eigenvalue weighted by Crippen LogP contribution is -2.47. The van der Waals surface area contributed by atoms with E-state index in [0.717, 1.165) is 33.1 Å². The maximum absolute atomic E-state index is 14.1. The van der Waals surface area contributed by atoms with Crippen molar-refractivity contribution in [1.82, 2.24) is 25.8 Å². The Morgan fingerprint density at radius 3 is 2.30 bits per heavy atom. The molecule has 0 aliphatic carbocycles. The van der Waals surface area contributed by atoms with Gasteiger partial charge in [0.25, 0.3) is 0 Å². The van der Waals surface area contributed by atoms with Crippen LogP contribution in [0.1, 0.15) is 110 Å². The molecule has 1 aromatic carbocycles. The summed E-state index contributed by atoms with van der Waals surface area (Å²) in [6.07, 6.45) is 3.56. The molecule has 0 radical (unpaired) electrons. The number of fused-ring (bicyclic) bond motifs is 1. The van der Waals surface area contributed by atoms with Gasteiger partial charge in [-0.3, -0.25) is 52.8 Å². The molecule has 7 atom stereocenters. The number of benzene rings is 1. The summed E-state index contributed by atoms with van der Waals surface area (Å²) in [4.78, 5) is 135. The van der Waals surface area contributed by atoms with Crippen molar-refractivity contribution in [2.45, 2.75) is 128 Å². The topological polar surface area (TPSA) is 281 Å². The number of carbonyl (C=O) groups excluding carboxylic acids is 10. The number of aliphatic hydroxyl groups is 1. The molecule has 18 nitrogen and oxygen atoms in total. The minimum Gasteiger partial charge on any atom is -0.396 e. The van der Waals surface area contributed by atoms with Crippen LogP contribution in [0.3, 0.4) is 0 Å². The molecule has 2 unspecified atom stereocenters. The number of methoxy groups -OCH3 is 1. The second kappa shape index (κ2) is 28.8. The molecule has 1 fully saturated rings. The number of aliphatic hydroxyl groups excluding tert-OH is 1. The van der Waals surface area contributed by atoms with Gasteiger partial charge >= 0.3 is 0 Å². The molecule has 2 aromatic rings. The Morgan fingerprint density at radius 2 is 1.63 bits per heavy atom. The zero-order valence-electron chi connectivity index (χ0n) is 39.5. The fraction of sp³-hybridized carbons (Fsp3) is 0.625. The van der Waals surface area contributed by atoms with E-state index >= 15 is 0 Å². The number of unbranched alkanes of at least 4 members (excludes halogenated alkanes) is 1. The fourth-order valence-electron chi connectivity index (χ4n) is 7.77. The zero-order valence-corrected chi connectivity index (χ0v) is 40.3. The summed E-state index contributed by atoms with van der Waals surface area (Å²) in [7, 11) is 1.50. The van der Waals surface area contributed by atoms with Gasteiger partial charge in [0, 0.05) is 125 Å². The smallest absolute Gasteiger partial charge is 0.242 e. The van der Waals surface area contributed by atoms with Gasteiger partial charge in [0.2, 0.25) is 35.4 Å². The minimum atomic E-state index is -1.27. The van der Waals surface area contributed by atoms with Crippen molar-refractivity contribution in [2.75, 3.05) is 39.2 Å². The maximum atomic E-state index is 14.1. The molecular formula is C48H70N6O12S. The Bertz CT molecular complexity index is 2060. The van der Waals surface area contributed by atoms with Crippen LogP contribution in [0.25, 0.3) is 10.9 Å². The number of para-hydroxylation sites is 1. The lowest BCUT2D eigenvalue weighted by molar-refractivity contribution is -0.138. The lowest BCUT2D eigenvalue weighted by Gasteiger charge is -2.23. The highest BCUT2D eigenvalue weighted by molar-refractivity contribution is 8.00. The number of aromatic amines is 1. The predicted octanol–water partition coefficient (Wildman–Crippen LogP) is 2.89. The van der Waals surface area contributed by atoms with Crippen molar-refractivity contribution >= 4 is 81.2 Å². The normalized spacial score (nSPS) is 16.4. The highest BCUT2D eigenvalue weighted by Crippen LogP contribution is 2.28. The largest absolute Gasteiger partial charge is 0.396 e.